The van der Waals surface area contributed by atoms with Gasteiger partial charge >= 0.3 is 5.97 Å². The van der Waals surface area contributed by atoms with Crippen molar-refractivity contribution in [3.05, 3.63) is 0 Å². The maximum atomic E-state index is 10.6. The summed E-state index contributed by atoms with van der Waals surface area (Å²) < 4.78 is 0. The maximum absolute atomic E-state index is 10.6. The lowest BCUT2D eigenvalue weighted by Crippen LogP contribution is -2.30. The molecule has 0 aromatic carbocycles. The van der Waals surface area contributed by atoms with Crippen molar-refractivity contribution in [2.75, 3.05) is 25.0 Å². The molecule has 15 heavy (non-hydrogen) atoms. The molecule has 0 aromatic rings. The van der Waals surface area contributed by atoms with Crippen LogP contribution in [0.1, 0.15) is 25.7 Å². The Hall–Kier alpha value is -0.0900. The quantitative estimate of drug-likeness (QED) is 0.801. The zero-order valence-corrected chi connectivity index (χ0v) is 10.5. The van der Waals surface area contributed by atoms with Crippen molar-refractivity contribution in [2.24, 2.45) is 11.3 Å². The first-order valence-corrected chi connectivity index (χ1v) is 6.76. The summed E-state index contributed by atoms with van der Waals surface area (Å²) in [6, 6.07) is 0. The molecule has 0 amide bonds. The first-order chi connectivity index (χ1) is 7.13. The molecule has 0 unspecified atom stereocenters. The molecule has 3 nitrogen and oxygen atoms in total. The summed E-state index contributed by atoms with van der Waals surface area (Å²) in [6.07, 6.45) is 5.09. The second-order valence-electron chi connectivity index (χ2n) is 5.12. The van der Waals surface area contributed by atoms with E-state index in [9.17, 15) is 4.79 Å². The van der Waals surface area contributed by atoms with Gasteiger partial charge in [-0.2, -0.15) is 0 Å². The van der Waals surface area contributed by atoms with Crippen LogP contribution in [0.25, 0.3) is 0 Å². The third-order valence-electron chi connectivity index (χ3n) is 3.90. The number of carboxylic acids is 1. The van der Waals surface area contributed by atoms with Gasteiger partial charge in [0.1, 0.15) is 0 Å². The van der Waals surface area contributed by atoms with Crippen LogP contribution in [-0.4, -0.2) is 40.9 Å². The zero-order valence-electron chi connectivity index (χ0n) is 8.91. The highest BCUT2D eigenvalue weighted by atomic mass is 79.9. The van der Waals surface area contributed by atoms with Gasteiger partial charge in [-0.15, -0.1) is 0 Å². The molecule has 2 fully saturated rings. The second-order valence-corrected chi connectivity index (χ2v) is 5.77. The van der Waals surface area contributed by atoms with Crippen LogP contribution in [0.15, 0.2) is 0 Å². The Morgan fingerprint density at radius 2 is 2.33 bits per heavy atom. The van der Waals surface area contributed by atoms with Crippen LogP contribution in [0.3, 0.4) is 0 Å². The predicted octanol–water partition coefficient (Wildman–Crippen LogP) is 1.96. The molecule has 1 N–H and O–H groups in total. The van der Waals surface area contributed by atoms with Crippen LogP contribution in [0.4, 0.5) is 0 Å². The van der Waals surface area contributed by atoms with E-state index < -0.39 is 5.97 Å². The Kier molecular flexibility index (Phi) is 3.36. The molecule has 2 rings (SSSR count). The summed E-state index contributed by atoms with van der Waals surface area (Å²) in [6.45, 7) is 2.20. The number of aliphatic carboxylic acids is 1. The van der Waals surface area contributed by atoms with Gasteiger partial charge in [-0.25, -0.2) is 0 Å². The molecule has 4 heteroatoms. The lowest BCUT2D eigenvalue weighted by molar-refractivity contribution is -0.138. The van der Waals surface area contributed by atoms with E-state index in [0.717, 1.165) is 24.3 Å². The molecule has 1 aliphatic carbocycles. The highest BCUT2D eigenvalue weighted by Gasteiger charge is 2.43. The number of hydrogen-bond acceptors (Lipinski definition) is 2. The molecule has 1 heterocycles. The fraction of sp³-hybridized carbons (Fsp3) is 0.909. The van der Waals surface area contributed by atoms with Gasteiger partial charge in [0.05, 0.1) is 6.54 Å². The van der Waals surface area contributed by atoms with Gasteiger partial charge in [0.25, 0.3) is 0 Å². The molecule has 0 bridgehead atoms. The smallest absolute Gasteiger partial charge is 0.317 e. The summed E-state index contributed by atoms with van der Waals surface area (Å²) in [5.74, 6) is 0.122. The molecule has 2 aliphatic rings. The summed E-state index contributed by atoms with van der Waals surface area (Å²) in [4.78, 5) is 12.7. The lowest BCUT2D eigenvalue weighted by Gasteiger charge is -2.23. The van der Waals surface area contributed by atoms with Crippen molar-refractivity contribution < 1.29 is 9.90 Å². The van der Waals surface area contributed by atoms with Crippen molar-refractivity contribution in [1.29, 1.82) is 0 Å². The zero-order chi connectivity index (χ0) is 10.9. The second kappa shape index (κ2) is 4.42. The Balaban J connectivity index is 1.89. The van der Waals surface area contributed by atoms with Crippen molar-refractivity contribution in [3.8, 4) is 0 Å². The number of alkyl halides is 1. The number of halogens is 1. The van der Waals surface area contributed by atoms with Crippen molar-refractivity contribution in [3.63, 3.8) is 0 Å². The first kappa shape index (κ1) is 11.4. The fourth-order valence-corrected chi connectivity index (χ4v) is 3.74. The van der Waals surface area contributed by atoms with E-state index >= 15 is 0 Å². The summed E-state index contributed by atoms with van der Waals surface area (Å²) >= 11 is 3.55. The molecule has 0 aromatic heterocycles. The summed E-state index contributed by atoms with van der Waals surface area (Å²) in [5, 5.41) is 9.86. The number of likely N-dealkylation sites (tertiary alicyclic amines) is 1. The minimum Gasteiger partial charge on any atom is -0.480 e. The van der Waals surface area contributed by atoms with E-state index in [2.05, 4.69) is 20.8 Å². The van der Waals surface area contributed by atoms with Gasteiger partial charge in [0.15, 0.2) is 0 Å². The number of carboxylic acid groups (broad SMARTS) is 1. The van der Waals surface area contributed by atoms with E-state index in [4.69, 9.17) is 5.11 Å². The van der Waals surface area contributed by atoms with Gasteiger partial charge in [-0.05, 0) is 43.6 Å². The van der Waals surface area contributed by atoms with Crippen LogP contribution >= 0.6 is 15.9 Å². The van der Waals surface area contributed by atoms with Crippen LogP contribution in [0.2, 0.25) is 0 Å². The Labute approximate surface area is 99.0 Å². The van der Waals surface area contributed by atoms with Crippen LogP contribution in [0.5, 0.6) is 0 Å². The van der Waals surface area contributed by atoms with Crippen molar-refractivity contribution in [2.45, 2.75) is 25.7 Å². The Morgan fingerprint density at radius 1 is 1.53 bits per heavy atom. The third-order valence-corrected chi connectivity index (χ3v) is 4.81. The monoisotopic (exact) mass is 275 g/mol. The number of hydrogen-bond donors (Lipinski definition) is 1. The Morgan fingerprint density at radius 3 is 2.93 bits per heavy atom. The molecule has 1 aliphatic heterocycles. The standard InChI is InChI=1S/C11H18BrNO2/c12-6-9-1-2-11(5-9)3-4-13(8-11)7-10(14)15/h9H,1-8H2,(H,14,15)/t9-,11+/m1/s1. The first-order valence-electron chi connectivity index (χ1n) is 5.64. The molecule has 1 spiro atoms. The van der Waals surface area contributed by atoms with E-state index in [1.54, 1.807) is 0 Å². The number of carbonyl (C=O) groups is 1. The van der Waals surface area contributed by atoms with Gasteiger partial charge in [-0.1, -0.05) is 15.9 Å². The van der Waals surface area contributed by atoms with Gasteiger partial charge < -0.3 is 5.11 Å². The van der Waals surface area contributed by atoms with Crippen LogP contribution in [-0.2, 0) is 4.79 Å². The number of nitrogens with zero attached hydrogens (tertiary/aromatic N) is 1. The third kappa shape index (κ3) is 2.53. The predicted molar refractivity (Wildman–Crippen MR) is 62.3 cm³/mol. The molecule has 86 valence electrons. The van der Waals surface area contributed by atoms with Crippen molar-refractivity contribution in [1.82, 2.24) is 4.90 Å². The highest BCUT2D eigenvalue weighted by Crippen LogP contribution is 2.48. The van der Waals surface area contributed by atoms with Gasteiger partial charge in [-0.3, -0.25) is 9.69 Å². The van der Waals surface area contributed by atoms with E-state index in [1.165, 1.54) is 25.7 Å². The molecular weight excluding hydrogens is 258 g/mol. The topological polar surface area (TPSA) is 40.5 Å². The molecule has 1 saturated carbocycles. The van der Waals surface area contributed by atoms with E-state index in [0.29, 0.717) is 5.41 Å². The molecule has 2 atom stereocenters. The minimum absolute atomic E-state index is 0.223. The van der Waals surface area contributed by atoms with Gasteiger partial charge in [0.2, 0.25) is 0 Å². The Bertz CT molecular complexity index is 259. The van der Waals surface area contributed by atoms with E-state index in [1.807, 2.05) is 0 Å². The molecular formula is C11H18BrNO2. The summed E-state index contributed by atoms with van der Waals surface area (Å²) in [7, 11) is 0. The highest BCUT2D eigenvalue weighted by molar-refractivity contribution is 9.09. The SMILES string of the molecule is O=C(O)CN1CC[C@]2(CC[C@@H](CBr)C2)C1. The van der Waals surface area contributed by atoms with Crippen molar-refractivity contribution >= 4 is 21.9 Å². The van der Waals surface area contributed by atoms with Crippen LogP contribution < -0.4 is 0 Å². The normalized spacial score (nSPS) is 36.5. The molecule has 0 radical (unpaired) electrons. The largest absolute Gasteiger partial charge is 0.480 e. The average Bonchev–Trinajstić information content (AvgIpc) is 2.74. The van der Waals surface area contributed by atoms with Crippen LogP contribution in [0, 0.1) is 11.3 Å². The maximum Gasteiger partial charge on any atom is 0.317 e. The average molecular weight is 276 g/mol. The minimum atomic E-state index is -0.693. The molecule has 1 saturated heterocycles. The van der Waals surface area contributed by atoms with Gasteiger partial charge in [0, 0.05) is 11.9 Å². The number of rotatable bonds is 3. The van der Waals surface area contributed by atoms with E-state index in [-0.39, 0.29) is 6.54 Å². The summed E-state index contributed by atoms with van der Waals surface area (Å²) in [5.41, 5.74) is 0.452. The fourth-order valence-electron chi connectivity index (χ4n) is 3.18. The lowest BCUT2D eigenvalue weighted by atomic mass is 9.85.